The van der Waals surface area contributed by atoms with Gasteiger partial charge in [-0.15, -0.1) is 0 Å². The van der Waals surface area contributed by atoms with E-state index in [0.29, 0.717) is 21.5 Å². The van der Waals surface area contributed by atoms with Crippen molar-refractivity contribution in [3.63, 3.8) is 0 Å². The van der Waals surface area contributed by atoms with Crippen molar-refractivity contribution in [2.24, 2.45) is 0 Å². The lowest BCUT2D eigenvalue weighted by molar-refractivity contribution is -0.128. The second-order valence-corrected chi connectivity index (χ2v) is 6.79. The lowest BCUT2D eigenvalue weighted by atomic mass is 10.1. The van der Waals surface area contributed by atoms with Crippen LogP contribution in [0.3, 0.4) is 0 Å². The summed E-state index contributed by atoms with van der Waals surface area (Å²) in [5, 5.41) is 2.57. The molecule has 0 aliphatic carbocycles. The summed E-state index contributed by atoms with van der Waals surface area (Å²) in [7, 11) is 3.05. The Bertz CT molecular complexity index is 763. The van der Waals surface area contributed by atoms with Crippen LogP contribution in [-0.4, -0.2) is 42.1 Å². The third-order valence-corrected chi connectivity index (χ3v) is 4.73. The predicted octanol–water partition coefficient (Wildman–Crippen LogP) is 2.89. The topological polar surface area (TPSA) is 67.9 Å². The second kappa shape index (κ2) is 7.97. The maximum absolute atomic E-state index is 12.3. The van der Waals surface area contributed by atoms with Crippen LogP contribution in [0.4, 0.5) is 0 Å². The molecule has 1 aromatic carbocycles. The minimum Gasteiger partial charge on any atom is -0.493 e. The highest BCUT2D eigenvalue weighted by Gasteiger charge is 2.30. The van der Waals surface area contributed by atoms with Crippen molar-refractivity contribution in [2.75, 3.05) is 14.2 Å². The van der Waals surface area contributed by atoms with Crippen LogP contribution >= 0.6 is 28.1 Å². The van der Waals surface area contributed by atoms with Gasteiger partial charge in [0.15, 0.2) is 16.6 Å². The third kappa shape index (κ3) is 4.19. The monoisotopic (exact) mass is 426 g/mol. The molecule has 1 aliphatic heterocycles. The molecule has 2 amide bonds. The number of ether oxygens (including phenoxy) is 2. The summed E-state index contributed by atoms with van der Waals surface area (Å²) in [6.45, 7) is 3.99. The van der Waals surface area contributed by atoms with Crippen LogP contribution in [0.25, 0.3) is 6.08 Å². The largest absolute Gasteiger partial charge is 0.493 e. The molecule has 2 rings (SSSR count). The van der Waals surface area contributed by atoms with E-state index in [9.17, 15) is 9.59 Å². The van der Waals surface area contributed by atoms with Gasteiger partial charge in [0, 0.05) is 7.05 Å². The van der Waals surface area contributed by atoms with Crippen molar-refractivity contribution in [1.82, 2.24) is 10.2 Å². The molecule has 0 aromatic heterocycles. The first-order valence-electron chi connectivity index (χ1n) is 7.67. The molecule has 0 bridgehead atoms. The lowest BCUT2D eigenvalue weighted by Gasteiger charge is -2.25. The number of carbonyl (C=O) groups excluding carboxylic acids is 2. The maximum atomic E-state index is 12.3. The number of likely N-dealkylation sites (N-methyl/N-ethyl adjacent to an activating group) is 1. The van der Waals surface area contributed by atoms with Gasteiger partial charge in [0.05, 0.1) is 17.7 Å². The summed E-state index contributed by atoms with van der Waals surface area (Å²) >= 11 is 8.39. The van der Waals surface area contributed by atoms with Crippen molar-refractivity contribution in [3.8, 4) is 11.5 Å². The highest BCUT2D eigenvalue weighted by Crippen LogP contribution is 2.38. The fraction of sp³-hybridized carbons (Fsp3) is 0.353. The quantitative estimate of drug-likeness (QED) is 0.445. The van der Waals surface area contributed by atoms with Gasteiger partial charge in [-0.05, 0) is 65.3 Å². The van der Waals surface area contributed by atoms with E-state index in [2.05, 4.69) is 21.2 Å². The zero-order valence-corrected chi connectivity index (χ0v) is 16.8. The molecule has 6 nitrogen and oxygen atoms in total. The first-order valence-corrected chi connectivity index (χ1v) is 8.87. The van der Waals surface area contributed by atoms with Crippen LogP contribution in [-0.2, 0) is 9.59 Å². The van der Waals surface area contributed by atoms with Crippen molar-refractivity contribution in [3.05, 3.63) is 27.7 Å². The molecule has 0 radical (unpaired) electrons. The van der Waals surface area contributed by atoms with Crippen LogP contribution in [0.2, 0.25) is 0 Å². The molecule has 0 unspecified atom stereocenters. The first-order chi connectivity index (χ1) is 11.8. The summed E-state index contributed by atoms with van der Waals surface area (Å²) in [5.41, 5.74) is 0.626. The Morgan fingerprint density at radius 2 is 2.08 bits per heavy atom. The molecule has 134 valence electrons. The van der Waals surface area contributed by atoms with Gasteiger partial charge in [-0.2, -0.15) is 0 Å². The fourth-order valence-corrected chi connectivity index (χ4v) is 2.86. The van der Waals surface area contributed by atoms with Crippen molar-refractivity contribution < 1.29 is 19.1 Å². The Hall–Kier alpha value is -1.93. The standard InChI is InChI=1S/C17H19BrN2O4S/c1-5-9(2)24-14-12(18)7-10(8-13(14)23-4)6-11-15(21)19-17(25)20(3)16(11)22/h6-9H,5H2,1-4H3,(H,19,21,25)/b11-6+/t9-/m0/s1. The van der Waals surface area contributed by atoms with Crippen LogP contribution < -0.4 is 14.8 Å². The number of thiocarbonyl (C=S) groups is 1. The molecule has 1 N–H and O–H groups in total. The number of methoxy groups -OCH3 is 1. The van der Waals surface area contributed by atoms with Crippen LogP contribution in [0.1, 0.15) is 25.8 Å². The zero-order valence-electron chi connectivity index (χ0n) is 14.4. The molecule has 1 saturated heterocycles. The average molecular weight is 427 g/mol. The number of hydrogen-bond acceptors (Lipinski definition) is 5. The van der Waals surface area contributed by atoms with E-state index in [1.165, 1.54) is 25.1 Å². The van der Waals surface area contributed by atoms with Gasteiger partial charge in [0.1, 0.15) is 5.57 Å². The number of benzene rings is 1. The summed E-state index contributed by atoms with van der Waals surface area (Å²) in [6.07, 6.45) is 2.37. The molecule has 0 spiro atoms. The Labute approximate surface area is 160 Å². The van der Waals surface area contributed by atoms with E-state index >= 15 is 0 Å². The number of nitrogens with one attached hydrogen (secondary N) is 1. The molecule has 25 heavy (non-hydrogen) atoms. The first kappa shape index (κ1) is 19.4. The van der Waals surface area contributed by atoms with Crippen LogP contribution in [0.15, 0.2) is 22.2 Å². The Morgan fingerprint density at radius 3 is 2.68 bits per heavy atom. The number of amides is 2. The highest BCUT2D eigenvalue weighted by molar-refractivity contribution is 9.10. The molecule has 1 aromatic rings. The molecule has 1 atom stereocenters. The SMILES string of the molecule is CC[C@H](C)Oc1c(Br)cc(/C=C2\C(=O)NC(=S)N(C)C2=O)cc1OC. The number of nitrogens with zero attached hydrogens (tertiary/aromatic N) is 1. The molecule has 1 aliphatic rings. The van der Waals surface area contributed by atoms with E-state index in [1.807, 2.05) is 13.8 Å². The van der Waals surface area contributed by atoms with E-state index in [0.717, 1.165) is 6.42 Å². The number of hydrogen-bond donors (Lipinski definition) is 1. The van der Waals surface area contributed by atoms with Crippen molar-refractivity contribution in [2.45, 2.75) is 26.4 Å². The van der Waals surface area contributed by atoms with Crippen LogP contribution in [0, 0.1) is 0 Å². The maximum Gasteiger partial charge on any atom is 0.265 e. The van der Waals surface area contributed by atoms with Crippen LogP contribution in [0.5, 0.6) is 11.5 Å². The van der Waals surface area contributed by atoms with Gasteiger partial charge < -0.3 is 9.47 Å². The number of halogens is 1. The molecule has 1 heterocycles. The molecule has 1 fully saturated rings. The Morgan fingerprint density at radius 1 is 1.40 bits per heavy atom. The number of carbonyl (C=O) groups is 2. The zero-order chi connectivity index (χ0) is 18.7. The predicted molar refractivity (Wildman–Crippen MR) is 103 cm³/mol. The molecular weight excluding hydrogens is 408 g/mol. The van der Waals surface area contributed by atoms with E-state index < -0.39 is 11.8 Å². The Kier molecular flexibility index (Phi) is 6.18. The second-order valence-electron chi connectivity index (χ2n) is 5.55. The van der Waals surface area contributed by atoms with E-state index in [4.69, 9.17) is 21.7 Å². The Balaban J connectivity index is 2.43. The highest BCUT2D eigenvalue weighted by atomic mass is 79.9. The minimum absolute atomic E-state index is 0.000600. The van der Waals surface area contributed by atoms with E-state index in [-0.39, 0.29) is 16.8 Å². The summed E-state index contributed by atoms with van der Waals surface area (Å²) in [6, 6.07) is 3.48. The van der Waals surface area contributed by atoms with Gasteiger partial charge in [0.25, 0.3) is 11.8 Å². The van der Waals surface area contributed by atoms with Gasteiger partial charge >= 0.3 is 0 Å². The summed E-state index contributed by atoms with van der Waals surface area (Å²) in [4.78, 5) is 25.6. The van der Waals surface area contributed by atoms with Gasteiger partial charge in [-0.3, -0.25) is 19.8 Å². The molecule has 8 heteroatoms. The van der Waals surface area contributed by atoms with Gasteiger partial charge in [-0.25, -0.2) is 0 Å². The minimum atomic E-state index is -0.525. The smallest absolute Gasteiger partial charge is 0.265 e. The molecule has 0 saturated carbocycles. The van der Waals surface area contributed by atoms with Crippen molar-refractivity contribution in [1.29, 1.82) is 0 Å². The van der Waals surface area contributed by atoms with Crippen molar-refractivity contribution >= 4 is 51.2 Å². The van der Waals surface area contributed by atoms with E-state index in [1.54, 1.807) is 12.1 Å². The van der Waals surface area contributed by atoms with Gasteiger partial charge in [-0.1, -0.05) is 6.92 Å². The summed E-state index contributed by atoms with van der Waals surface area (Å²) < 4.78 is 11.9. The third-order valence-electron chi connectivity index (χ3n) is 3.76. The lowest BCUT2D eigenvalue weighted by Crippen LogP contribution is -2.52. The normalized spacial score (nSPS) is 17.6. The average Bonchev–Trinajstić information content (AvgIpc) is 2.58. The fourth-order valence-electron chi connectivity index (χ4n) is 2.13. The molecular formula is C17H19BrN2O4S. The number of rotatable bonds is 5. The summed E-state index contributed by atoms with van der Waals surface area (Å²) in [5.74, 6) is 0.109. The van der Waals surface area contributed by atoms with Gasteiger partial charge in [0.2, 0.25) is 0 Å².